The second kappa shape index (κ2) is 3.22. The van der Waals surface area contributed by atoms with Crippen LogP contribution in [-0.2, 0) is 0 Å². The summed E-state index contributed by atoms with van der Waals surface area (Å²) < 4.78 is 0. The van der Waals surface area contributed by atoms with E-state index < -0.39 is 0 Å². The van der Waals surface area contributed by atoms with Gasteiger partial charge in [0.2, 0.25) is 0 Å². The molecule has 0 aromatic carbocycles. The zero-order valence-electron chi connectivity index (χ0n) is 5.50. The Hall–Kier alpha value is -0.0200. The third kappa shape index (κ3) is 1.69. The summed E-state index contributed by atoms with van der Waals surface area (Å²) in [6, 6.07) is 0. The first-order valence-electron chi connectivity index (χ1n) is 2.75. The number of rotatable bonds is 2. The molecule has 1 aromatic heterocycles. The summed E-state index contributed by atoms with van der Waals surface area (Å²) in [6.07, 6.45) is 4.05. The van der Waals surface area contributed by atoms with Gasteiger partial charge < -0.3 is 0 Å². The van der Waals surface area contributed by atoms with Crippen LogP contribution in [0.4, 0.5) is 0 Å². The summed E-state index contributed by atoms with van der Waals surface area (Å²) in [4.78, 5) is 5.36. The van der Waals surface area contributed by atoms with Crippen molar-refractivity contribution in [3.63, 3.8) is 0 Å². The van der Waals surface area contributed by atoms with Gasteiger partial charge in [0.1, 0.15) is 0 Å². The van der Waals surface area contributed by atoms with Gasteiger partial charge in [0.05, 0.1) is 5.51 Å². The van der Waals surface area contributed by atoms with E-state index in [1.54, 1.807) is 11.3 Å². The van der Waals surface area contributed by atoms with Crippen LogP contribution < -0.4 is 0 Å². The number of hydrogen-bond donors (Lipinski definition) is 0. The molecule has 0 aliphatic heterocycles. The Labute approximate surface area is 63.5 Å². The molecule has 9 heavy (non-hydrogen) atoms. The lowest BCUT2D eigenvalue weighted by Crippen LogP contribution is -1.79. The first-order valence-corrected chi connectivity index (χ1v) is 4.92. The van der Waals surface area contributed by atoms with Crippen molar-refractivity contribution in [1.82, 2.24) is 4.98 Å². The molecule has 0 spiro atoms. The first-order chi connectivity index (χ1) is 4.34. The van der Waals surface area contributed by atoms with Crippen LogP contribution in [0.2, 0.25) is 0 Å². The van der Waals surface area contributed by atoms with Crippen molar-refractivity contribution in [3.05, 3.63) is 16.6 Å². The lowest BCUT2D eigenvalue weighted by Gasteiger charge is -2.00. The molecule has 1 rings (SSSR count). The molecule has 0 saturated heterocycles. The van der Waals surface area contributed by atoms with E-state index in [0.29, 0.717) is 5.25 Å². The third-order valence-electron chi connectivity index (χ3n) is 1.21. The molecule has 0 aliphatic carbocycles. The summed E-state index contributed by atoms with van der Waals surface area (Å²) in [5.41, 5.74) is 1.88. The maximum atomic E-state index is 4.00. The molecule has 0 saturated carbocycles. The molecule has 3 heteroatoms. The molecular weight excluding hydrogens is 150 g/mol. The molecule has 0 aliphatic rings. The van der Waals surface area contributed by atoms with Crippen LogP contribution in [0.15, 0.2) is 11.7 Å². The number of nitrogens with zero attached hydrogens (tertiary/aromatic N) is 1. The van der Waals surface area contributed by atoms with Gasteiger partial charge in [-0.1, -0.05) is 0 Å². The van der Waals surface area contributed by atoms with Crippen molar-refractivity contribution in [2.75, 3.05) is 6.26 Å². The van der Waals surface area contributed by atoms with Gasteiger partial charge in [0, 0.05) is 16.3 Å². The van der Waals surface area contributed by atoms with Crippen LogP contribution in [0.3, 0.4) is 0 Å². The van der Waals surface area contributed by atoms with Crippen LogP contribution in [-0.4, -0.2) is 11.2 Å². The largest absolute Gasteiger partial charge is 0.253 e. The van der Waals surface area contributed by atoms with Gasteiger partial charge >= 0.3 is 0 Å². The van der Waals surface area contributed by atoms with Gasteiger partial charge in [-0.15, -0.1) is 11.3 Å². The van der Waals surface area contributed by atoms with Crippen molar-refractivity contribution in [1.29, 1.82) is 0 Å². The minimum absolute atomic E-state index is 0.609. The second-order valence-corrected chi connectivity index (χ2v) is 3.88. The number of hydrogen-bond acceptors (Lipinski definition) is 3. The van der Waals surface area contributed by atoms with Crippen molar-refractivity contribution in [3.8, 4) is 0 Å². The number of thiazole rings is 1. The standard InChI is InChI=1S/C6H9NS2/c1-5(8-2)6-3-7-4-9-6/h3-5H,1-2H3. The van der Waals surface area contributed by atoms with Gasteiger partial charge in [-0.25, -0.2) is 0 Å². The Morgan fingerprint density at radius 2 is 2.56 bits per heavy atom. The smallest absolute Gasteiger partial charge is 0.0794 e. The molecule has 0 N–H and O–H groups in total. The van der Waals surface area contributed by atoms with Gasteiger partial charge in [-0.05, 0) is 13.2 Å². The topological polar surface area (TPSA) is 12.9 Å². The average Bonchev–Trinajstić information content (AvgIpc) is 2.37. The molecular formula is C6H9NS2. The first kappa shape index (κ1) is 7.09. The summed E-state index contributed by atoms with van der Waals surface area (Å²) in [5.74, 6) is 0. The Balaban J connectivity index is 2.65. The summed E-state index contributed by atoms with van der Waals surface area (Å²) in [7, 11) is 0. The van der Waals surface area contributed by atoms with E-state index in [0.717, 1.165) is 0 Å². The second-order valence-electron chi connectivity index (χ2n) is 1.78. The minimum Gasteiger partial charge on any atom is -0.253 e. The predicted molar refractivity (Wildman–Crippen MR) is 44.0 cm³/mol. The third-order valence-corrected chi connectivity index (χ3v) is 3.27. The average molecular weight is 159 g/mol. The Bertz CT molecular complexity index is 160. The molecule has 1 atom stereocenters. The van der Waals surface area contributed by atoms with Crippen LogP contribution in [0.25, 0.3) is 0 Å². The van der Waals surface area contributed by atoms with E-state index in [1.165, 1.54) is 4.88 Å². The van der Waals surface area contributed by atoms with Gasteiger partial charge in [-0.3, -0.25) is 4.98 Å². The fraction of sp³-hybridized carbons (Fsp3) is 0.500. The molecule has 1 heterocycles. The molecule has 50 valence electrons. The quantitative estimate of drug-likeness (QED) is 0.658. The zero-order chi connectivity index (χ0) is 6.69. The fourth-order valence-corrected chi connectivity index (χ4v) is 1.85. The molecule has 0 fully saturated rings. The highest BCUT2D eigenvalue weighted by molar-refractivity contribution is 7.98. The van der Waals surface area contributed by atoms with Crippen molar-refractivity contribution >= 4 is 23.1 Å². The van der Waals surface area contributed by atoms with Crippen molar-refractivity contribution in [2.24, 2.45) is 0 Å². The number of thioether (sulfide) groups is 1. The van der Waals surface area contributed by atoms with Crippen molar-refractivity contribution < 1.29 is 0 Å². The van der Waals surface area contributed by atoms with E-state index in [4.69, 9.17) is 0 Å². The van der Waals surface area contributed by atoms with E-state index in [2.05, 4.69) is 18.2 Å². The lowest BCUT2D eigenvalue weighted by atomic mass is 10.4. The van der Waals surface area contributed by atoms with E-state index in [9.17, 15) is 0 Å². The highest BCUT2D eigenvalue weighted by Crippen LogP contribution is 2.27. The van der Waals surface area contributed by atoms with Gasteiger partial charge in [0.25, 0.3) is 0 Å². The molecule has 1 aromatic rings. The monoisotopic (exact) mass is 159 g/mol. The summed E-state index contributed by atoms with van der Waals surface area (Å²) in [5, 5.41) is 0.609. The highest BCUT2D eigenvalue weighted by Gasteiger charge is 2.02. The summed E-state index contributed by atoms with van der Waals surface area (Å²) >= 11 is 3.58. The normalized spacial score (nSPS) is 13.6. The van der Waals surface area contributed by atoms with Crippen LogP contribution in [0.5, 0.6) is 0 Å². The predicted octanol–water partition coefficient (Wildman–Crippen LogP) is 2.57. The van der Waals surface area contributed by atoms with E-state index >= 15 is 0 Å². The van der Waals surface area contributed by atoms with Crippen LogP contribution in [0.1, 0.15) is 17.1 Å². The Morgan fingerprint density at radius 1 is 1.78 bits per heavy atom. The van der Waals surface area contributed by atoms with Gasteiger partial charge in [-0.2, -0.15) is 11.8 Å². The van der Waals surface area contributed by atoms with E-state index in [1.807, 2.05) is 23.5 Å². The molecule has 0 bridgehead atoms. The molecule has 0 amide bonds. The Morgan fingerprint density at radius 3 is 3.00 bits per heavy atom. The number of aromatic nitrogens is 1. The lowest BCUT2D eigenvalue weighted by molar-refractivity contribution is 1.13. The maximum absolute atomic E-state index is 4.00. The molecule has 1 unspecified atom stereocenters. The molecule has 0 radical (unpaired) electrons. The van der Waals surface area contributed by atoms with Crippen molar-refractivity contribution in [2.45, 2.75) is 12.2 Å². The Kier molecular flexibility index (Phi) is 2.54. The van der Waals surface area contributed by atoms with E-state index in [-0.39, 0.29) is 0 Å². The van der Waals surface area contributed by atoms with Crippen LogP contribution in [0, 0.1) is 0 Å². The maximum Gasteiger partial charge on any atom is 0.0794 e. The SMILES string of the molecule is CSC(C)c1cncs1. The minimum atomic E-state index is 0.609. The highest BCUT2D eigenvalue weighted by atomic mass is 32.2. The fourth-order valence-electron chi connectivity index (χ4n) is 0.543. The summed E-state index contributed by atoms with van der Waals surface area (Å²) in [6.45, 7) is 2.19. The zero-order valence-corrected chi connectivity index (χ0v) is 7.13. The molecule has 1 nitrogen and oxygen atoms in total. The van der Waals surface area contributed by atoms with Crippen LogP contribution >= 0.6 is 23.1 Å². The van der Waals surface area contributed by atoms with Gasteiger partial charge in [0.15, 0.2) is 0 Å².